The molecule has 0 aromatic rings. The number of rotatable bonds is 4. The topological polar surface area (TPSA) is 69.9 Å². The van der Waals surface area contributed by atoms with Crippen molar-refractivity contribution < 1.29 is 20.1 Å². The monoisotopic (exact) mass is 190 g/mol. The maximum Gasteiger partial charge on any atom is 0.100 e. The number of aliphatic hydroxyl groups is 3. The maximum absolute atomic E-state index is 9.31. The lowest BCUT2D eigenvalue weighted by Gasteiger charge is -2.26. The van der Waals surface area contributed by atoms with Crippen molar-refractivity contribution in [1.82, 2.24) is 0 Å². The third-order valence-corrected chi connectivity index (χ3v) is 2.33. The first-order chi connectivity index (χ1) is 6.22. The highest BCUT2D eigenvalue weighted by Crippen LogP contribution is 2.20. The van der Waals surface area contributed by atoms with Crippen LogP contribution in [0.2, 0.25) is 0 Å². The minimum atomic E-state index is -0.793. The second kappa shape index (κ2) is 5.54. The summed E-state index contributed by atoms with van der Waals surface area (Å²) in [6.45, 7) is -0.108. The normalized spacial score (nSPS) is 31.6. The maximum atomic E-state index is 9.31. The molecule has 3 N–H and O–H groups in total. The van der Waals surface area contributed by atoms with Crippen molar-refractivity contribution >= 4 is 0 Å². The summed E-state index contributed by atoms with van der Waals surface area (Å²) in [5.74, 6) is 0. The van der Waals surface area contributed by atoms with Gasteiger partial charge in [-0.05, 0) is 25.7 Å². The average Bonchev–Trinajstić information content (AvgIpc) is 2.14. The zero-order valence-corrected chi connectivity index (χ0v) is 7.72. The number of hydrogen-bond acceptors (Lipinski definition) is 4. The van der Waals surface area contributed by atoms with Crippen LogP contribution in [0.3, 0.4) is 0 Å². The van der Waals surface area contributed by atoms with Crippen LogP contribution in [0.15, 0.2) is 0 Å². The number of aliphatic hydroxyl groups excluding tert-OH is 3. The molecule has 0 saturated heterocycles. The van der Waals surface area contributed by atoms with Crippen LogP contribution in [0.4, 0.5) is 0 Å². The van der Waals surface area contributed by atoms with E-state index in [-0.39, 0.29) is 25.4 Å². The van der Waals surface area contributed by atoms with Gasteiger partial charge >= 0.3 is 0 Å². The predicted octanol–water partition coefficient (Wildman–Crippen LogP) is -0.340. The van der Waals surface area contributed by atoms with Crippen molar-refractivity contribution in [3.63, 3.8) is 0 Å². The van der Waals surface area contributed by atoms with E-state index in [1.807, 2.05) is 0 Å². The average molecular weight is 190 g/mol. The molecule has 13 heavy (non-hydrogen) atoms. The van der Waals surface area contributed by atoms with E-state index >= 15 is 0 Å². The fraction of sp³-hybridized carbons (Fsp3) is 1.00. The van der Waals surface area contributed by atoms with Gasteiger partial charge in [0.2, 0.25) is 0 Å². The van der Waals surface area contributed by atoms with E-state index in [0.717, 1.165) is 19.3 Å². The molecule has 0 aromatic carbocycles. The molecule has 3 atom stereocenters. The van der Waals surface area contributed by atoms with Gasteiger partial charge in [0.05, 0.1) is 25.4 Å². The molecule has 0 aromatic heterocycles. The standard InChI is InChI=1S/C9H18O4/c10-5-8(12)6-13-9-3-1-2-7(11)4-9/h7-12H,1-6H2. The molecule has 3 unspecified atom stereocenters. The van der Waals surface area contributed by atoms with Gasteiger partial charge in [0.1, 0.15) is 6.10 Å². The molecule has 0 heterocycles. The van der Waals surface area contributed by atoms with E-state index < -0.39 is 6.10 Å². The SMILES string of the molecule is OCC(O)COC1CCCC(O)C1. The second-order valence-corrected chi connectivity index (χ2v) is 3.61. The van der Waals surface area contributed by atoms with E-state index in [1.165, 1.54) is 0 Å². The van der Waals surface area contributed by atoms with Crippen LogP contribution in [0.25, 0.3) is 0 Å². The highest BCUT2D eigenvalue weighted by atomic mass is 16.5. The smallest absolute Gasteiger partial charge is 0.100 e. The summed E-state index contributed by atoms with van der Waals surface area (Å²) in [6, 6.07) is 0. The quantitative estimate of drug-likeness (QED) is 0.567. The third kappa shape index (κ3) is 4.04. The Morgan fingerprint density at radius 3 is 2.77 bits per heavy atom. The Hall–Kier alpha value is -0.160. The lowest BCUT2D eigenvalue weighted by Crippen LogP contribution is -2.30. The summed E-state index contributed by atoms with van der Waals surface area (Å²) in [5.41, 5.74) is 0. The Morgan fingerprint density at radius 1 is 1.38 bits per heavy atom. The van der Waals surface area contributed by atoms with E-state index in [9.17, 15) is 5.11 Å². The molecule has 0 amide bonds. The van der Waals surface area contributed by atoms with Gasteiger partial charge in [0.25, 0.3) is 0 Å². The summed E-state index contributed by atoms with van der Waals surface area (Å²) in [6.07, 6.45) is 2.41. The molecule has 0 aliphatic heterocycles. The molecular formula is C9H18O4. The van der Waals surface area contributed by atoms with Crippen molar-refractivity contribution in [3.8, 4) is 0 Å². The Balaban J connectivity index is 2.13. The number of ether oxygens (including phenoxy) is 1. The summed E-state index contributed by atoms with van der Waals surface area (Å²) < 4.78 is 5.34. The van der Waals surface area contributed by atoms with Gasteiger partial charge in [-0.25, -0.2) is 0 Å². The molecule has 1 fully saturated rings. The molecule has 1 aliphatic rings. The lowest BCUT2D eigenvalue weighted by molar-refractivity contribution is -0.0585. The van der Waals surface area contributed by atoms with E-state index in [0.29, 0.717) is 6.42 Å². The second-order valence-electron chi connectivity index (χ2n) is 3.61. The first-order valence-corrected chi connectivity index (χ1v) is 4.81. The van der Waals surface area contributed by atoms with Gasteiger partial charge in [-0.15, -0.1) is 0 Å². The third-order valence-electron chi connectivity index (χ3n) is 2.33. The van der Waals surface area contributed by atoms with Crippen molar-refractivity contribution in [2.75, 3.05) is 13.2 Å². The van der Waals surface area contributed by atoms with Crippen LogP contribution in [0.1, 0.15) is 25.7 Å². The van der Waals surface area contributed by atoms with E-state index in [4.69, 9.17) is 14.9 Å². The van der Waals surface area contributed by atoms with Crippen LogP contribution in [-0.2, 0) is 4.74 Å². The molecule has 78 valence electrons. The lowest BCUT2D eigenvalue weighted by atomic mass is 9.95. The van der Waals surface area contributed by atoms with Crippen molar-refractivity contribution in [2.24, 2.45) is 0 Å². The first kappa shape index (κ1) is 10.9. The van der Waals surface area contributed by atoms with Crippen molar-refractivity contribution in [1.29, 1.82) is 0 Å². The molecule has 0 spiro atoms. The first-order valence-electron chi connectivity index (χ1n) is 4.81. The summed E-state index contributed by atoms with van der Waals surface area (Å²) in [5, 5.41) is 26.9. The van der Waals surface area contributed by atoms with Gasteiger partial charge in [0, 0.05) is 0 Å². The largest absolute Gasteiger partial charge is 0.394 e. The Kier molecular flexibility index (Phi) is 4.66. The highest BCUT2D eigenvalue weighted by Gasteiger charge is 2.21. The minimum Gasteiger partial charge on any atom is -0.394 e. The summed E-state index contributed by atoms with van der Waals surface area (Å²) in [7, 11) is 0. The van der Waals surface area contributed by atoms with Gasteiger partial charge in [-0.2, -0.15) is 0 Å². The van der Waals surface area contributed by atoms with Gasteiger partial charge in [-0.3, -0.25) is 0 Å². The summed E-state index contributed by atoms with van der Waals surface area (Å²) in [4.78, 5) is 0. The Bertz CT molecular complexity index is 140. The molecule has 1 aliphatic carbocycles. The summed E-state index contributed by atoms with van der Waals surface area (Å²) >= 11 is 0. The van der Waals surface area contributed by atoms with E-state index in [2.05, 4.69) is 0 Å². The van der Waals surface area contributed by atoms with Crippen LogP contribution in [-0.4, -0.2) is 46.8 Å². The Morgan fingerprint density at radius 2 is 2.15 bits per heavy atom. The molecule has 0 radical (unpaired) electrons. The molecule has 1 rings (SSSR count). The molecule has 4 nitrogen and oxygen atoms in total. The highest BCUT2D eigenvalue weighted by molar-refractivity contribution is 4.72. The van der Waals surface area contributed by atoms with E-state index in [1.54, 1.807) is 0 Å². The van der Waals surface area contributed by atoms with Gasteiger partial charge in [0.15, 0.2) is 0 Å². The van der Waals surface area contributed by atoms with Crippen LogP contribution < -0.4 is 0 Å². The zero-order chi connectivity index (χ0) is 9.68. The molecule has 0 bridgehead atoms. The zero-order valence-electron chi connectivity index (χ0n) is 7.72. The Labute approximate surface area is 78.1 Å². The van der Waals surface area contributed by atoms with Gasteiger partial charge in [-0.1, -0.05) is 0 Å². The molecular weight excluding hydrogens is 172 g/mol. The van der Waals surface area contributed by atoms with Crippen LogP contribution in [0, 0.1) is 0 Å². The van der Waals surface area contributed by atoms with Crippen LogP contribution >= 0.6 is 0 Å². The molecule has 1 saturated carbocycles. The van der Waals surface area contributed by atoms with Crippen molar-refractivity contribution in [2.45, 2.75) is 44.0 Å². The fourth-order valence-electron chi connectivity index (χ4n) is 1.57. The molecule has 4 heteroatoms. The minimum absolute atomic E-state index is 0.0462. The van der Waals surface area contributed by atoms with Crippen molar-refractivity contribution in [3.05, 3.63) is 0 Å². The fourth-order valence-corrected chi connectivity index (χ4v) is 1.57. The number of hydrogen-bond donors (Lipinski definition) is 3. The predicted molar refractivity (Wildman–Crippen MR) is 47.3 cm³/mol. The van der Waals surface area contributed by atoms with Crippen LogP contribution in [0.5, 0.6) is 0 Å². The van der Waals surface area contributed by atoms with Gasteiger partial charge < -0.3 is 20.1 Å².